The molecule has 0 saturated carbocycles. The molecule has 1 aliphatic rings. The SMILES string of the molecule is COc1ccnc(-n2c3ccccc3c3ccc(Oc4cc(C)cc(-n5nc(C)c(C6C(C(C)(C)C)=C[C@H](C(C)(C)C)C[C@@H]6C(C)(C)C)c5C)c4)cc32)c1. The minimum Gasteiger partial charge on any atom is -0.497 e. The van der Waals surface area contributed by atoms with Gasteiger partial charge in [-0.15, -0.1) is 0 Å². The summed E-state index contributed by atoms with van der Waals surface area (Å²) >= 11 is 0. The fourth-order valence-electron chi connectivity index (χ4n) is 8.86. The van der Waals surface area contributed by atoms with Crippen LogP contribution in [-0.4, -0.2) is 26.4 Å². The van der Waals surface area contributed by atoms with Gasteiger partial charge in [0.15, 0.2) is 0 Å². The Morgan fingerprint density at radius 3 is 2.13 bits per heavy atom. The van der Waals surface area contributed by atoms with Crippen LogP contribution in [0, 0.1) is 48.9 Å². The van der Waals surface area contributed by atoms with E-state index in [1.165, 1.54) is 17.7 Å². The Labute approximate surface area is 322 Å². The number of benzene rings is 3. The van der Waals surface area contributed by atoms with Gasteiger partial charge in [0.2, 0.25) is 0 Å². The molecule has 282 valence electrons. The van der Waals surface area contributed by atoms with E-state index in [1.807, 2.05) is 12.1 Å². The lowest BCUT2D eigenvalue weighted by Gasteiger charge is -2.49. The summed E-state index contributed by atoms with van der Waals surface area (Å²) in [6.07, 6.45) is 5.59. The number of pyridine rings is 1. The molecule has 3 aromatic carbocycles. The van der Waals surface area contributed by atoms with Gasteiger partial charge < -0.3 is 9.47 Å². The molecule has 3 heterocycles. The summed E-state index contributed by atoms with van der Waals surface area (Å²) < 4.78 is 16.6. The Kier molecular flexibility index (Phi) is 9.35. The molecule has 0 saturated heterocycles. The van der Waals surface area contributed by atoms with Gasteiger partial charge in [-0.2, -0.15) is 5.10 Å². The van der Waals surface area contributed by atoms with E-state index in [4.69, 9.17) is 19.6 Å². The second-order valence-corrected chi connectivity index (χ2v) is 18.7. The van der Waals surface area contributed by atoms with Crippen LogP contribution < -0.4 is 9.47 Å². The van der Waals surface area contributed by atoms with Crippen molar-refractivity contribution in [2.45, 2.75) is 95.4 Å². The van der Waals surface area contributed by atoms with Gasteiger partial charge in [0.25, 0.3) is 0 Å². The van der Waals surface area contributed by atoms with Crippen LogP contribution in [0.3, 0.4) is 0 Å². The molecule has 0 N–H and O–H groups in total. The molecule has 1 unspecified atom stereocenters. The lowest BCUT2D eigenvalue weighted by atomic mass is 9.55. The van der Waals surface area contributed by atoms with E-state index >= 15 is 0 Å². The Morgan fingerprint density at radius 2 is 1.44 bits per heavy atom. The van der Waals surface area contributed by atoms with E-state index in [1.54, 1.807) is 18.9 Å². The predicted octanol–water partition coefficient (Wildman–Crippen LogP) is 12.9. The molecule has 0 fully saturated rings. The van der Waals surface area contributed by atoms with Gasteiger partial charge >= 0.3 is 0 Å². The first-order valence-corrected chi connectivity index (χ1v) is 19.5. The van der Waals surface area contributed by atoms with Crippen LogP contribution in [0.15, 0.2) is 90.6 Å². The first kappa shape index (κ1) is 37.5. The highest BCUT2D eigenvalue weighted by Gasteiger charge is 2.46. The van der Waals surface area contributed by atoms with Gasteiger partial charge in [0.1, 0.15) is 23.1 Å². The highest BCUT2D eigenvalue weighted by atomic mass is 16.5. The van der Waals surface area contributed by atoms with Gasteiger partial charge in [-0.25, -0.2) is 9.67 Å². The molecule has 6 aromatic rings. The molecule has 3 aromatic heterocycles. The second-order valence-electron chi connectivity index (χ2n) is 18.7. The minimum atomic E-state index is 0.0266. The highest BCUT2D eigenvalue weighted by Crippen LogP contribution is 2.57. The van der Waals surface area contributed by atoms with Crippen molar-refractivity contribution >= 4 is 21.8 Å². The third-order valence-electron chi connectivity index (χ3n) is 11.7. The summed E-state index contributed by atoms with van der Waals surface area (Å²) in [7, 11) is 1.68. The van der Waals surface area contributed by atoms with Crippen LogP contribution in [0.25, 0.3) is 33.3 Å². The molecule has 3 atom stereocenters. The topological polar surface area (TPSA) is 54.1 Å². The maximum Gasteiger partial charge on any atom is 0.141 e. The maximum absolute atomic E-state index is 6.71. The number of ether oxygens (including phenoxy) is 2. The van der Waals surface area contributed by atoms with Gasteiger partial charge in [-0.3, -0.25) is 4.57 Å². The van der Waals surface area contributed by atoms with E-state index < -0.39 is 0 Å². The zero-order valence-electron chi connectivity index (χ0n) is 34.6. The lowest BCUT2D eigenvalue weighted by molar-refractivity contribution is 0.120. The van der Waals surface area contributed by atoms with Crippen LogP contribution in [0.4, 0.5) is 0 Å². The number of para-hydroxylation sites is 1. The molecular weight excluding hydrogens is 665 g/mol. The van der Waals surface area contributed by atoms with E-state index in [9.17, 15) is 0 Å². The van der Waals surface area contributed by atoms with Crippen LogP contribution in [0.1, 0.15) is 97.2 Å². The molecule has 6 nitrogen and oxygen atoms in total. The second kappa shape index (κ2) is 13.5. The van der Waals surface area contributed by atoms with Crippen molar-refractivity contribution in [1.29, 1.82) is 0 Å². The molecule has 1 aliphatic carbocycles. The van der Waals surface area contributed by atoms with Gasteiger partial charge in [-0.1, -0.05) is 92.2 Å². The van der Waals surface area contributed by atoms with E-state index in [0.29, 0.717) is 11.8 Å². The van der Waals surface area contributed by atoms with Crippen molar-refractivity contribution in [3.05, 3.63) is 113 Å². The van der Waals surface area contributed by atoms with Crippen molar-refractivity contribution in [2.75, 3.05) is 7.11 Å². The third kappa shape index (κ3) is 6.85. The standard InChI is InChI=1S/C48H58N4O2/c1-29-22-33(52-31(3)44(30(2)50-52)45-39(47(7,8)9)24-32(46(4,5)6)25-40(45)48(10,11)12)26-36(23-29)54-35-18-19-38-37-16-14-15-17-41(37)51(42(38)27-35)43-28-34(53-13)20-21-49-43/h14-24,26-28,32,40,45H,25H2,1-13H3/t32-,40-,45?/m0/s1. The average molecular weight is 723 g/mol. The fraction of sp³-hybridized carbons (Fsp3) is 0.417. The van der Waals surface area contributed by atoms with Crippen LogP contribution in [0.2, 0.25) is 0 Å². The van der Waals surface area contributed by atoms with E-state index in [2.05, 4.69) is 159 Å². The van der Waals surface area contributed by atoms with Crippen LogP contribution >= 0.6 is 0 Å². The molecule has 0 radical (unpaired) electrons. The summed E-state index contributed by atoms with van der Waals surface area (Å²) in [4.78, 5) is 4.73. The van der Waals surface area contributed by atoms with Gasteiger partial charge in [0.05, 0.1) is 29.5 Å². The number of aromatic nitrogens is 4. The number of fused-ring (bicyclic) bond motifs is 3. The summed E-state index contributed by atoms with van der Waals surface area (Å²) in [6.45, 7) is 28.2. The van der Waals surface area contributed by atoms with E-state index in [0.717, 1.165) is 61.8 Å². The number of hydrogen-bond donors (Lipinski definition) is 0. The summed E-state index contributed by atoms with van der Waals surface area (Å²) in [5.41, 5.74) is 9.78. The fourth-order valence-corrected chi connectivity index (χ4v) is 8.86. The Hall–Kier alpha value is -4.84. The summed E-state index contributed by atoms with van der Waals surface area (Å²) in [6, 6.07) is 25.0. The zero-order chi connectivity index (χ0) is 38.9. The molecule has 0 aliphatic heterocycles. The number of methoxy groups -OCH3 is 1. The van der Waals surface area contributed by atoms with Crippen molar-refractivity contribution in [2.24, 2.45) is 28.1 Å². The highest BCUT2D eigenvalue weighted by molar-refractivity contribution is 6.09. The smallest absolute Gasteiger partial charge is 0.141 e. The monoisotopic (exact) mass is 722 g/mol. The van der Waals surface area contributed by atoms with Crippen LogP contribution in [-0.2, 0) is 0 Å². The van der Waals surface area contributed by atoms with Crippen molar-refractivity contribution < 1.29 is 9.47 Å². The molecule has 0 amide bonds. The van der Waals surface area contributed by atoms with Gasteiger partial charge in [0, 0.05) is 52.3 Å². The zero-order valence-corrected chi connectivity index (χ0v) is 34.6. The molecule has 54 heavy (non-hydrogen) atoms. The normalized spacial score (nSPS) is 18.3. The Bertz CT molecular complexity index is 2390. The molecule has 0 bridgehead atoms. The predicted molar refractivity (Wildman–Crippen MR) is 224 cm³/mol. The lowest BCUT2D eigenvalue weighted by Crippen LogP contribution is -2.39. The molecule has 0 spiro atoms. The summed E-state index contributed by atoms with van der Waals surface area (Å²) in [5.74, 6) is 4.36. The van der Waals surface area contributed by atoms with Gasteiger partial charge in [-0.05, 0) is 97.2 Å². The number of hydrogen-bond acceptors (Lipinski definition) is 4. The number of rotatable bonds is 6. The number of aryl methyl sites for hydroxylation is 2. The first-order chi connectivity index (χ1) is 25.3. The number of allylic oxidation sites excluding steroid dienone is 2. The first-order valence-electron chi connectivity index (χ1n) is 19.5. The Balaban J connectivity index is 1.30. The molecule has 7 rings (SSSR count). The maximum atomic E-state index is 6.71. The van der Waals surface area contributed by atoms with Crippen molar-refractivity contribution in [3.8, 4) is 28.8 Å². The van der Waals surface area contributed by atoms with Crippen molar-refractivity contribution in [3.63, 3.8) is 0 Å². The minimum absolute atomic E-state index is 0.0266. The number of nitrogens with zero attached hydrogens (tertiary/aromatic N) is 4. The molecule has 6 heteroatoms. The average Bonchev–Trinajstić information content (AvgIpc) is 3.58. The quantitative estimate of drug-likeness (QED) is 0.161. The van der Waals surface area contributed by atoms with E-state index in [-0.39, 0.29) is 22.2 Å². The largest absolute Gasteiger partial charge is 0.497 e. The van der Waals surface area contributed by atoms with Crippen molar-refractivity contribution in [1.82, 2.24) is 19.3 Å². The summed E-state index contributed by atoms with van der Waals surface area (Å²) in [5, 5.41) is 7.58. The van der Waals surface area contributed by atoms with Crippen LogP contribution in [0.5, 0.6) is 17.2 Å². The Morgan fingerprint density at radius 1 is 0.722 bits per heavy atom. The molecular formula is C48H58N4O2. The third-order valence-corrected chi connectivity index (χ3v) is 11.7.